The molecule has 0 aromatic rings. The van der Waals surface area contributed by atoms with Crippen molar-refractivity contribution in [3.63, 3.8) is 0 Å². The van der Waals surface area contributed by atoms with Gasteiger partial charge < -0.3 is 10.1 Å². The molecule has 0 radical (unpaired) electrons. The Bertz CT molecular complexity index is 223. The maximum atomic E-state index is 11.8. The van der Waals surface area contributed by atoms with Crippen LogP contribution < -0.4 is 5.32 Å². The second kappa shape index (κ2) is 9.32. The van der Waals surface area contributed by atoms with Crippen LogP contribution in [0.3, 0.4) is 0 Å². The normalized spacial score (nSPS) is 13.4. The van der Waals surface area contributed by atoms with Crippen molar-refractivity contribution in [1.29, 1.82) is 0 Å². The van der Waals surface area contributed by atoms with E-state index in [1.54, 1.807) is 0 Å². The minimum absolute atomic E-state index is 0.118. The smallest absolute Gasteiger partial charge is 0.372 e. The molecule has 0 spiro atoms. The first-order valence-electron chi connectivity index (χ1n) is 5.81. The van der Waals surface area contributed by atoms with Gasteiger partial charge in [-0.05, 0) is 25.8 Å². The Morgan fingerprint density at radius 1 is 1.35 bits per heavy atom. The van der Waals surface area contributed by atoms with E-state index in [-0.39, 0.29) is 12.6 Å². The van der Waals surface area contributed by atoms with Crippen LogP contribution in [0.15, 0.2) is 0 Å². The molecule has 0 saturated carbocycles. The molecule has 2 nitrogen and oxygen atoms in total. The quantitative estimate of drug-likeness (QED) is 0.502. The van der Waals surface area contributed by atoms with Gasteiger partial charge in [0.1, 0.15) is 6.61 Å². The van der Waals surface area contributed by atoms with Crippen LogP contribution in [0, 0.1) is 12.3 Å². The van der Waals surface area contributed by atoms with Gasteiger partial charge in [0.05, 0.1) is 0 Å². The summed E-state index contributed by atoms with van der Waals surface area (Å²) in [4.78, 5) is 0. The van der Waals surface area contributed by atoms with E-state index in [0.29, 0.717) is 12.8 Å². The summed E-state index contributed by atoms with van der Waals surface area (Å²) in [5.41, 5.74) is 0. The molecule has 0 rings (SSSR count). The van der Waals surface area contributed by atoms with E-state index in [1.165, 1.54) is 0 Å². The Morgan fingerprint density at radius 3 is 2.59 bits per heavy atom. The molecule has 1 N–H and O–H groups in total. The Labute approximate surface area is 101 Å². The maximum absolute atomic E-state index is 11.8. The van der Waals surface area contributed by atoms with Crippen LogP contribution in [0.4, 0.5) is 13.2 Å². The van der Waals surface area contributed by atoms with Crippen LogP contribution in [0.1, 0.15) is 32.6 Å². The molecule has 0 saturated heterocycles. The molecule has 17 heavy (non-hydrogen) atoms. The summed E-state index contributed by atoms with van der Waals surface area (Å²) in [6, 6.07) is 0.182. The first-order chi connectivity index (χ1) is 7.99. The van der Waals surface area contributed by atoms with Gasteiger partial charge in [-0.25, -0.2) is 0 Å². The standard InChI is InChI=1S/C12H20F3NO/c1-3-5-6-7-11(16-4-2)8-9-17-10-12(13,14)15/h1,11,16H,4-10H2,2H3. The Morgan fingerprint density at radius 2 is 2.06 bits per heavy atom. The first-order valence-corrected chi connectivity index (χ1v) is 5.81. The highest BCUT2D eigenvalue weighted by Gasteiger charge is 2.27. The number of alkyl halides is 3. The number of halogens is 3. The average Bonchev–Trinajstić information content (AvgIpc) is 2.23. The second-order valence-corrected chi connectivity index (χ2v) is 3.81. The molecule has 0 aliphatic rings. The van der Waals surface area contributed by atoms with Crippen molar-refractivity contribution < 1.29 is 17.9 Å². The summed E-state index contributed by atoms with van der Waals surface area (Å²) in [6.45, 7) is 1.70. The van der Waals surface area contributed by atoms with Crippen molar-refractivity contribution in [3.8, 4) is 12.3 Å². The summed E-state index contributed by atoms with van der Waals surface area (Å²) in [5, 5.41) is 3.21. The number of rotatable bonds is 9. The van der Waals surface area contributed by atoms with Crippen molar-refractivity contribution >= 4 is 0 Å². The van der Waals surface area contributed by atoms with Crippen molar-refractivity contribution in [2.45, 2.75) is 44.8 Å². The molecule has 1 unspecified atom stereocenters. The lowest BCUT2D eigenvalue weighted by Crippen LogP contribution is -2.30. The molecule has 5 heteroatoms. The summed E-state index contributed by atoms with van der Waals surface area (Å²) < 4.78 is 40.0. The second-order valence-electron chi connectivity index (χ2n) is 3.81. The van der Waals surface area contributed by atoms with Crippen LogP contribution >= 0.6 is 0 Å². The molecule has 100 valence electrons. The van der Waals surface area contributed by atoms with Crippen LogP contribution in [-0.4, -0.2) is 32.0 Å². The monoisotopic (exact) mass is 251 g/mol. The summed E-state index contributed by atoms with van der Waals surface area (Å²) in [6.07, 6.45) is 3.93. The number of hydrogen-bond donors (Lipinski definition) is 1. The largest absolute Gasteiger partial charge is 0.411 e. The molecular weight excluding hydrogens is 231 g/mol. The summed E-state index contributed by atoms with van der Waals surface area (Å²) in [7, 11) is 0. The minimum atomic E-state index is -4.24. The fraction of sp³-hybridized carbons (Fsp3) is 0.833. The fourth-order valence-electron chi connectivity index (χ4n) is 1.50. The van der Waals surface area contributed by atoms with Crippen LogP contribution in [0.25, 0.3) is 0 Å². The van der Waals surface area contributed by atoms with E-state index in [9.17, 15) is 13.2 Å². The highest BCUT2D eigenvalue weighted by Crippen LogP contribution is 2.14. The van der Waals surface area contributed by atoms with Crippen LogP contribution in [0.2, 0.25) is 0 Å². The number of unbranched alkanes of at least 4 members (excludes halogenated alkanes) is 1. The highest BCUT2D eigenvalue weighted by molar-refractivity contribution is 4.83. The van der Waals surface area contributed by atoms with Crippen molar-refractivity contribution in [1.82, 2.24) is 5.32 Å². The lowest BCUT2D eigenvalue weighted by atomic mass is 10.1. The van der Waals surface area contributed by atoms with Gasteiger partial charge >= 0.3 is 6.18 Å². The zero-order valence-electron chi connectivity index (χ0n) is 10.1. The molecule has 0 fully saturated rings. The third-order valence-electron chi connectivity index (χ3n) is 2.24. The van der Waals surface area contributed by atoms with Crippen molar-refractivity contribution in [2.75, 3.05) is 19.8 Å². The van der Waals surface area contributed by atoms with Crippen LogP contribution in [0.5, 0.6) is 0 Å². The van der Waals surface area contributed by atoms with E-state index in [0.717, 1.165) is 19.4 Å². The number of terminal acetylenes is 1. The molecule has 0 aliphatic heterocycles. The minimum Gasteiger partial charge on any atom is -0.372 e. The highest BCUT2D eigenvalue weighted by atomic mass is 19.4. The van der Waals surface area contributed by atoms with E-state index in [1.807, 2.05) is 6.92 Å². The third kappa shape index (κ3) is 11.5. The zero-order chi connectivity index (χ0) is 13.1. The Balaban J connectivity index is 3.66. The van der Waals surface area contributed by atoms with E-state index < -0.39 is 12.8 Å². The number of nitrogens with one attached hydrogen (secondary N) is 1. The van der Waals surface area contributed by atoms with E-state index >= 15 is 0 Å². The van der Waals surface area contributed by atoms with Gasteiger partial charge in [-0.2, -0.15) is 13.2 Å². The van der Waals surface area contributed by atoms with Gasteiger partial charge in [0.25, 0.3) is 0 Å². The van der Waals surface area contributed by atoms with Gasteiger partial charge in [0.15, 0.2) is 0 Å². The molecule has 0 bridgehead atoms. The fourth-order valence-corrected chi connectivity index (χ4v) is 1.50. The number of ether oxygens (including phenoxy) is 1. The van der Waals surface area contributed by atoms with Gasteiger partial charge in [-0.1, -0.05) is 6.92 Å². The molecule has 0 aromatic heterocycles. The number of hydrogen-bond acceptors (Lipinski definition) is 2. The molecule has 0 amide bonds. The Hall–Kier alpha value is -0.730. The maximum Gasteiger partial charge on any atom is 0.411 e. The molecule has 0 aromatic carbocycles. The van der Waals surface area contributed by atoms with E-state index in [2.05, 4.69) is 16.0 Å². The van der Waals surface area contributed by atoms with Crippen LogP contribution in [-0.2, 0) is 4.74 Å². The zero-order valence-corrected chi connectivity index (χ0v) is 10.1. The lowest BCUT2D eigenvalue weighted by Gasteiger charge is -2.17. The van der Waals surface area contributed by atoms with Crippen molar-refractivity contribution in [2.24, 2.45) is 0 Å². The average molecular weight is 251 g/mol. The SMILES string of the molecule is C#CCCCC(CCOCC(F)(F)F)NCC. The van der Waals surface area contributed by atoms with Gasteiger partial charge in [0.2, 0.25) is 0 Å². The van der Waals surface area contributed by atoms with Gasteiger partial charge in [0, 0.05) is 19.1 Å². The van der Waals surface area contributed by atoms with Gasteiger partial charge in [-0.15, -0.1) is 12.3 Å². The van der Waals surface area contributed by atoms with Gasteiger partial charge in [-0.3, -0.25) is 0 Å². The molecule has 0 heterocycles. The third-order valence-corrected chi connectivity index (χ3v) is 2.24. The van der Waals surface area contributed by atoms with E-state index in [4.69, 9.17) is 6.42 Å². The molecular formula is C12H20F3NO. The predicted molar refractivity (Wildman–Crippen MR) is 61.6 cm³/mol. The lowest BCUT2D eigenvalue weighted by molar-refractivity contribution is -0.174. The Kier molecular flexibility index (Phi) is 8.92. The summed E-state index contributed by atoms with van der Waals surface area (Å²) >= 11 is 0. The first kappa shape index (κ1) is 16.3. The molecule has 1 atom stereocenters. The topological polar surface area (TPSA) is 21.3 Å². The summed E-state index contributed by atoms with van der Waals surface area (Å²) in [5.74, 6) is 2.54. The molecule has 0 aliphatic carbocycles. The predicted octanol–water partition coefficient (Wildman–Crippen LogP) is 2.74. The van der Waals surface area contributed by atoms with Crippen molar-refractivity contribution in [3.05, 3.63) is 0 Å².